The first-order chi connectivity index (χ1) is 10.4. The van der Waals surface area contributed by atoms with Crippen LogP contribution in [0.3, 0.4) is 0 Å². The zero-order valence-corrected chi connectivity index (χ0v) is 13.9. The van der Waals surface area contributed by atoms with Gasteiger partial charge in [0.2, 0.25) is 11.8 Å². The van der Waals surface area contributed by atoms with Crippen LogP contribution in [0.2, 0.25) is 0 Å². The van der Waals surface area contributed by atoms with Crippen molar-refractivity contribution >= 4 is 11.8 Å². The van der Waals surface area contributed by atoms with Crippen LogP contribution in [-0.2, 0) is 16.1 Å². The molecule has 0 radical (unpaired) electrons. The van der Waals surface area contributed by atoms with Crippen molar-refractivity contribution in [3.05, 3.63) is 29.8 Å². The quantitative estimate of drug-likeness (QED) is 0.801. The maximum atomic E-state index is 11.9. The molecule has 0 saturated heterocycles. The number of nitrogens with one attached hydrogen (secondary N) is 1. The third kappa shape index (κ3) is 6.16. The summed E-state index contributed by atoms with van der Waals surface area (Å²) >= 11 is 0. The van der Waals surface area contributed by atoms with E-state index in [1.807, 2.05) is 24.3 Å². The first kappa shape index (κ1) is 18.0. The summed E-state index contributed by atoms with van der Waals surface area (Å²) in [5.41, 5.74) is 0.934. The van der Waals surface area contributed by atoms with E-state index in [1.54, 1.807) is 12.0 Å². The Kier molecular flexibility index (Phi) is 7.43. The highest BCUT2D eigenvalue weighted by Gasteiger charge is 2.12. The number of hydrogen-bond acceptors (Lipinski definition) is 3. The average Bonchev–Trinajstić information content (AvgIpc) is 2.48. The lowest BCUT2D eigenvalue weighted by molar-refractivity contribution is -0.130. The van der Waals surface area contributed by atoms with Crippen LogP contribution in [0.4, 0.5) is 0 Å². The Morgan fingerprint density at radius 3 is 2.55 bits per heavy atom. The number of ether oxygens (including phenoxy) is 1. The molecule has 0 unspecified atom stereocenters. The van der Waals surface area contributed by atoms with Crippen molar-refractivity contribution in [2.24, 2.45) is 5.92 Å². The Morgan fingerprint density at radius 2 is 1.95 bits per heavy atom. The molecule has 0 aromatic heterocycles. The summed E-state index contributed by atoms with van der Waals surface area (Å²) in [6.07, 6.45) is 0.307. The lowest BCUT2D eigenvalue weighted by Gasteiger charge is -2.22. The highest BCUT2D eigenvalue weighted by atomic mass is 16.5. The highest BCUT2D eigenvalue weighted by Crippen LogP contribution is 2.16. The van der Waals surface area contributed by atoms with Crippen molar-refractivity contribution in [3.8, 4) is 5.75 Å². The standard InChI is InChI=1S/C17H26N2O3/c1-13(2)12-19(14(3)20)10-9-17(21)18-11-15-7-5-6-8-16(15)22-4/h5-8,13H,9-12H2,1-4H3,(H,18,21). The number of rotatable bonds is 8. The molecule has 0 aliphatic rings. The molecule has 1 aromatic rings. The molecule has 0 saturated carbocycles. The van der Waals surface area contributed by atoms with E-state index in [1.165, 1.54) is 6.92 Å². The van der Waals surface area contributed by atoms with Crippen LogP contribution in [0.25, 0.3) is 0 Å². The fourth-order valence-corrected chi connectivity index (χ4v) is 2.19. The van der Waals surface area contributed by atoms with Gasteiger partial charge in [-0.15, -0.1) is 0 Å². The van der Waals surface area contributed by atoms with Gasteiger partial charge in [-0.1, -0.05) is 32.0 Å². The number of carbonyl (C=O) groups is 2. The largest absolute Gasteiger partial charge is 0.496 e. The second-order valence-corrected chi connectivity index (χ2v) is 5.70. The van der Waals surface area contributed by atoms with Gasteiger partial charge in [-0.25, -0.2) is 0 Å². The first-order valence-corrected chi connectivity index (χ1v) is 7.58. The number of amides is 2. The lowest BCUT2D eigenvalue weighted by atomic mass is 10.2. The van der Waals surface area contributed by atoms with E-state index in [2.05, 4.69) is 19.2 Å². The molecule has 1 rings (SSSR count). The lowest BCUT2D eigenvalue weighted by Crippen LogP contribution is -2.36. The number of carbonyl (C=O) groups excluding carboxylic acids is 2. The normalized spacial score (nSPS) is 10.4. The molecule has 5 heteroatoms. The minimum absolute atomic E-state index is 0.00577. The Balaban J connectivity index is 2.44. The molecule has 0 bridgehead atoms. The summed E-state index contributed by atoms with van der Waals surface area (Å²) in [5.74, 6) is 1.08. The Hall–Kier alpha value is -2.04. The Morgan fingerprint density at radius 1 is 1.27 bits per heavy atom. The van der Waals surface area contributed by atoms with Gasteiger partial charge in [-0.3, -0.25) is 9.59 Å². The molecule has 0 aliphatic carbocycles. The zero-order valence-electron chi connectivity index (χ0n) is 13.9. The fraction of sp³-hybridized carbons (Fsp3) is 0.529. The van der Waals surface area contributed by atoms with Gasteiger partial charge in [0, 0.05) is 38.5 Å². The van der Waals surface area contributed by atoms with Crippen molar-refractivity contribution in [3.63, 3.8) is 0 Å². The summed E-state index contributed by atoms with van der Waals surface area (Å²) in [5, 5.41) is 2.86. The minimum Gasteiger partial charge on any atom is -0.496 e. The molecule has 0 aliphatic heterocycles. The van der Waals surface area contributed by atoms with Crippen LogP contribution in [-0.4, -0.2) is 36.9 Å². The van der Waals surface area contributed by atoms with Gasteiger partial charge in [-0.05, 0) is 12.0 Å². The van der Waals surface area contributed by atoms with E-state index in [0.717, 1.165) is 11.3 Å². The summed E-state index contributed by atoms with van der Waals surface area (Å²) < 4.78 is 5.25. The number of benzene rings is 1. The SMILES string of the molecule is COc1ccccc1CNC(=O)CCN(CC(C)C)C(C)=O. The van der Waals surface area contributed by atoms with Gasteiger partial charge in [0.25, 0.3) is 0 Å². The van der Waals surface area contributed by atoms with E-state index in [-0.39, 0.29) is 11.8 Å². The summed E-state index contributed by atoms with van der Waals surface area (Å²) in [6.45, 7) is 7.19. The number of nitrogens with zero attached hydrogens (tertiary/aromatic N) is 1. The summed E-state index contributed by atoms with van der Waals surface area (Å²) in [4.78, 5) is 25.2. The van der Waals surface area contributed by atoms with E-state index >= 15 is 0 Å². The third-order valence-electron chi connectivity index (χ3n) is 3.31. The molecule has 0 atom stereocenters. The number of para-hydroxylation sites is 1. The predicted octanol–water partition coefficient (Wildman–Crippen LogP) is 2.21. The maximum Gasteiger partial charge on any atom is 0.222 e. The van der Waals surface area contributed by atoms with E-state index < -0.39 is 0 Å². The van der Waals surface area contributed by atoms with Gasteiger partial charge < -0.3 is 15.0 Å². The van der Waals surface area contributed by atoms with Gasteiger partial charge in [0.15, 0.2) is 0 Å². The van der Waals surface area contributed by atoms with E-state index in [4.69, 9.17) is 4.74 Å². The van der Waals surface area contributed by atoms with Crippen LogP contribution in [0.1, 0.15) is 32.8 Å². The molecule has 1 aromatic carbocycles. The van der Waals surface area contributed by atoms with E-state index in [9.17, 15) is 9.59 Å². The minimum atomic E-state index is -0.0686. The average molecular weight is 306 g/mol. The van der Waals surface area contributed by atoms with Crippen LogP contribution in [0, 0.1) is 5.92 Å². The van der Waals surface area contributed by atoms with Crippen molar-refractivity contribution in [1.29, 1.82) is 0 Å². The van der Waals surface area contributed by atoms with Crippen molar-refractivity contribution < 1.29 is 14.3 Å². The second kappa shape index (κ2) is 9.07. The molecular formula is C17H26N2O3. The van der Waals surface area contributed by atoms with Crippen LogP contribution in [0.15, 0.2) is 24.3 Å². The van der Waals surface area contributed by atoms with Crippen LogP contribution >= 0.6 is 0 Å². The Bertz CT molecular complexity index is 500. The van der Waals surface area contributed by atoms with Gasteiger partial charge in [-0.2, -0.15) is 0 Å². The summed E-state index contributed by atoms with van der Waals surface area (Å²) in [6, 6.07) is 7.58. The molecule has 122 valence electrons. The van der Waals surface area contributed by atoms with Crippen molar-refractivity contribution in [2.75, 3.05) is 20.2 Å². The predicted molar refractivity (Wildman–Crippen MR) is 86.5 cm³/mol. The molecule has 22 heavy (non-hydrogen) atoms. The zero-order chi connectivity index (χ0) is 16.5. The molecule has 0 spiro atoms. The molecule has 2 amide bonds. The number of methoxy groups -OCH3 is 1. The number of hydrogen-bond donors (Lipinski definition) is 1. The first-order valence-electron chi connectivity index (χ1n) is 7.58. The third-order valence-corrected chi connectivity index (χ3v) is 3.31. The topological polar surface area (TPSA) is 58.6 Å². The smallest absolute Gasteiger partial charge is 0.222 e. The van der Waals surface area contributed by atoms with Crippen LogP contribution < -0.4 is 10.1 Å². The maximum absolute atomic E-state index is 11.9. The molecule has 0 heterocycles. The van der Waals surface area contributed by atoms with Gasteiger partial charge in [0.05, 0.1) is 7.11 Å². The van der Waals surface area contributed by atoms with Crippen molar-refractivity contribution in [1.82, 2.24) is 10.2 Å². The molecule has 0 fully saturated rings. The Labute approximate surface area is 132 Å². The van der Waals surface area contributed by atoms with E-state index in [0.29, 0.717) is 32.0 Å². The van der Waals surface area contributed by atoms with Gasteiger partial charge in [0.1, 0.15) is 5.75 Å². The van der Waals surface area contributed by atoms with Gasteiger partial charge >= 0.3 is 0 Å². The van der Waals surface area contributed by atoms with Crippen molar-refractivity contribution in [2.45, 2.75) is 33.7 Å². The van der Waals surface area contributed by atoms with Crippen LogP contribution in [0.5, 0.6) is 5.75 Å². The fourth-order valence-electron chi connectivity index (χ4n) is 2.19. The molecular weight excluding hydrogens is 280 g/mol. The summed E-state index contributed by atoms with van der Waals surface area (Å²) in [7, 11) is 1.61. The molecule has 1 N–H and O–H groups in total. The molecule has 5 nitrogen and oxygen atoms in total. The monoisotopic (exact) mass is 306 g/mol. The highest BCUT2D eigenvalue weighted by molar-refractivity contribution is 5.78. The second-order valence-electron chi connectivity index (χ2n) is 5.70.